The summed E-state index contributed by atoms with van der Waals surface area (Å²) in [6.45, 7) is 3.07. The summed E-state index contributed by atoms with van der Waals surface area (Å²) >= 11 is 1.76. The number of amides is 1. The maximum absolute atomic E-state index is 12.5. The van der Waals surface area contributed by atoms with Crippen LogP contribution < -0.4 is 0 Å². The lowest BCUT2D eigenvalue weighted by Gasteiger charge is -2.47. The Hall–Kier alpha value is -1.00. The van der Waals surface area contributed by atoms with Crippen LogP contribution in [0.3, 0.4) is 0 Å². The van der Waals surface area contributed by atoms with Crippen molar-refractivity contribution in [1.82, 2.24) is 4.90 Å². The van der Waals surface area contributed by atoms with Crippen LogP contribution in [0.2, 0.25) is 0 Å². The Morgan fingerprint density at radius 2 is 2.21 bits per heavy atom. The van der Waals surface area contributed by atoms with Gasteiger partial charge in [-0.1, -0.05) is 31.5 Å². The van der Waals surface area contributed by atoms with Crippen molar-refractivity contribution in [2.24, 2.45) is 0 Å². The molecule has 0 spiro atoms. The van der Waals surface area contributed by atoms with Crippen LogP contribution in [0.5, 0.6) is 0 Å². The molecule has 102 valence electrons. The van der Waals surface area contributed by atoms with Crippen molar-refractivity contribution in [2.45, 2.75) is 36.2 Å². The largest absolute Gasteiger partial charge is 0.386 e. The van der Waals surface area contributed by atoms with Crippen molar-refractivity contribution in [3.8, 4) is 0 Å². The van der Waals surface area contributed by atoms with Crippen molar-refractivity contribution >= 4 is 17.7 Å². The molecule has 0 bridgehead atoms. The van der Waals surface area contributed by atoms with E-state index >= 15 is 0 Å². The zero-order valence-corrected chi connectivity index (χ0v) is 11.9. The number of carbonyl (C=O) groups excluding carboxylic acids is 1. The third kappa shape index (κ3) is 2.28. The highest BCUT2D eigenvalue weighted by Crippen LogP contribution is 2.41. The van der Waals surface area contributed by atoms with Crippen molar-refractivity contribution in [1.29, 1.82) is 0 Å². The molecule has 1 fully saturated rings. The number of thioether (sulfide) groups is 1. The molecule has 1 atom stereocenters. The molecule has 0 aliphatic carbocycles. The number of fused-ring (bicyclic) bond motifs is 1. The van der Waals surface area contributed by atoms with Gasteiger partial charge >= 0.3 is 0 Å². The molecular weight excluding hydrogens is 258 g/mol. The summed E-state index contributed by atoms with van der Waals surface area (Å²) < 4.78 is 0. The molecule has 1 aromatic carbocycles. The summed E-state index contributed by atoms with van der Waals surface area (Å²) in [7, 11) is 0. The third-order valence-electron chi connectivity index (χ3n) is 4.00. The predicted molar refractivity (Wildman–Crippen MR) is 76.3 cm³/mol. The molecule has 1 amide bonds. The van der Waals surface area contributed by atoms with Gasteiger partial charge in [0.25, 0.3) is 0 Å². The number of hydrogen-bond acceptors (Lipinski definition) is 3. The lowest BCUT2D eigenvalue weighted by atomic mass is 9.87. The molecule has 2 aliphatic heterocycles. The number of aliphatic hydroxyl groups is 1. The average molecular weight is 277 g/mol. The van der Waals surface area contributed by atoms with Gasteiger partial charge in [0.1, 0.15) is 0 Å². The Bertz CT molecular complexity index is 497. The van der Waals surface area contributed by atoms with E-state index in [-0.39, 0.29) is 11.8 Å². The molecule has 3 rings (SSSR count). The zero-order valence-electron chi connectivity index (χ0n) is 11.1. The lowest BCUT2D eigenvalue weighted by molar-refractivity contribution is -0.157. The lowest BCUT2D eigenvalue weighted by Crippen LogP contribution is -2.64. The Balaban J connectivity index is 1.68. The zero-order chi connectivity index (χ0) is 13.5. The van der Waals surface area contributed by atoms with E-state index in [0.29, 0.717) is 13.1 Å². The van der Waals surface area contributed by atoms with Gasteiger partial charge < -0.3 is 10.0 Å². The van der Waals surface area contributed by atoms with E-state index in [9.17, 15) is 9.90 Å². The fourth-order valence-electron chi connectivity index (χ4n) is 3.03. The monoisotopic (exact) mass is 277 g/mol. The van der Waals surface area contributed by atoms with Crippen LogP contribution in [0.1, 0.15) is 31.2 Å². The molecule has 2 heterocycles. The number of rotatable bonds is 3. The molecule has 0 saturated carbocycles. The van der Waals surface area contributed by atoms with Crippen LogP contribution in [0, 0.1) is 0 Å². The molecule has 1 N–H and O–H groups in total. The highest BCUT2D eigenvalue weighted by atomic mass is 32.2. The topological polar surface area (TPSA) is 40.5 Å². The summed E-state index contributed by atoms with van der Waals surface area (Å²) in [6.07, 6.45) is 1.74. The molecule has 2 aliphatic rings. The minimum Gasteiger partial charge on any atom is -0.386 e. The maximum Gasteiger partial charge on any atom is 0.231 e. The maximum atomic E-state index is 12.5. The summed E-state index contributed by atoms with van der Waals surface area (Å²) in [5.74, 6) is 0.992. The number of hydrogen-bond donors (Lipinski definition) is 1. The van der Waals surface area contributed by atoms with Gasteiger partial charge in [0.15, 0.2) is 0 Å². The molecule has 19 heavy (non-hydrogen) atoms. The van der Waals surface area contributed by atoms with Gasteiger partial charge in [-0.25, -0.2) is 0 Å². The van der Waals surface area contributed by atoms with Gasteiger partial charge in [-0.15, -0.1) is 11.8 Å². The van der Waals surface area contributed by atoms with E-state index in [1.54, 1.807) is 11.8 Å². The number of nitrogens with zero attached hydrogens (tertiary/aromatic N) is 1. The molecule has 0 radical (unpaired) electrons. The molecular formula is C15H19NO2S. The van der Waals surface area contributed by atoms with Crippen LogP contribution in [0.15, 0.2) is 29.2 Å². The summed E-state index contributed by atoms with van der Waals surface area (Å²) in [4.78, 5) is 15.5. The fourth-order valence-corrected chi connectivity index (χ4v) is 4.25. The first-order valence-electron chi connectivity index (χ1n) is 6.86. The van der Waals surface area contributed by atoms with Crippen LogP contribution in [-0.4, -0.2) is 40.4 Å². The van der Waals surface area contributed by atoms with Crippen LogP contribution in [-0.2, 0) is 4.79 Å². The second-order valence-corrected chi connectivity index (χ2v) is 6.63. The van der Waals surface area contributed by atoms with E-state index < -0.39 is 5.60 Å². The Morgan fingerprint density at radius 3 is 2.95 bits per heavy atom. The van der Waals surface area contributed by atoms with E-state index in [1.807, 2.05) is 17.0 Å². The van der Waals surface area contributed by atoms with Gasteiger partial charge in [-0.2, -0.15) is 0 Å². The number of likely N-dealkylation sites (tertiary alicyclic amines) is 1. The van der Waals surface area contributed by atoms with Crippen molar-refractivity contribution in [3.63, 3.8) is 0 Å². The van der Waals surface area contributed by atoms with E-state index in [4.69, 9.17) is 0 Å². The van der Waals surface area contributed by atoms with Gasteiger partial charge in [0.05, 0.1) is 24.6 Å². The minimum atomic E-state index is -0.629. The fraction of sp³-hybridized carbons (Fsp3) is 0.533. The highest BCUT2D eigenvalue weighted by molar-refractivity contribution is 7.99. The van der Waals surface area contributed by atoms with Crippen LogP contribution in [0.25, 0.3) is 0 Å². The van der Waals surface area contributed by atoms with E-state index in [0.717, 1.165) is 24.2 Å². The van der Waals surface area contributed by atoms with E-state index in [2.05, 4.69) is 19.1 Å². The third-order valence-corrected chi connectivity index (χ3v) is 5.18. The number of carbonyl (C=O) groups is 1. The first-order valence-corrected chi connectivity index (χ1v) is 7.84. The van der Waals surface area contributed by atoms with Gasteiger partial charge in [0, 0.05) is 10.6 Å². The Kier molecular flexibility index (Phi) is 3.31. The van der Waals surface area contributed by atoms with E-state index in [1.165, 1.54) is 4.90 Å². The van der Waals surface area contributed by atoms with Gasteiger partial charge in [0.2, 0.25) is 5.91 Å². The summed E-state index contributed by atoms with van der Waals surface area (Å²) in [5, 5.41) is 10.2. The van der Waals surface area contributed by atoms with Crippen molar-refractivity contribution in [3.05, 3.63) is 29.8 Å². The molecule has 0 aromatic heterocycles. The van der Waals surface area contributed by atoms with Crippen LogP contribution in [0.4, 0.5) is 0 Å². The van der Waals surface area contributed by atoms with Crippen molar-refractivity contribution < 1.29 is 9.90 Å². The smallest absolute Gasteiger partial charge is 0.231 e. The SMILES string of the molecule is CCCC1(O)CN(C(=O)C2CSc3ccccc32)C1. The predicted octanol–water partition coefficient (Wildman–Crippen LogP) is 2.25. The highest BCUT2D eigenvalue weighted by Gasteiger charge is 2.45. The van der Waals surface area contributed by atoms with Crippen LogP contribution >= 0.6 is 11.8 Å². The normalized spacial score (nSPS) is 23.9. The van der Waals surface area contributed by atoms with Gasteiger partial charge in [-0.3, -0.25) is 4.79 Å². The molecule has 1 aromatic rings. The van der Waals surface area contributed by atoms with Crippen molar-refractivity contribution in [2.75, 3.05) is 18.8 Å². The summed E-state index contributed by atoms with van der Waals surface area (Å²) in [5.41, 5.74) is 0.527. The Labute approximate surface area is 118 Å². The number of β-amino-alcohol motifs (C(OH)–C–C–N with tert-alkyl or cyclic N) is 1. The second-order valence-electron chi connectivity index (χ2n) is 5.57. The quantitative estimate of drug-likeness (QED) is 0.921. The standard InChI is InChI=1S/C15H19NO2S/c1-2-7-15(18)9-16(10-15)14(17)12-8-19-13-6-4-3-5-11(12)13/h3-6,12,18H,2,7-10H2,1H3. The van der Waals surface area contributed by atoms with Gasteiger partial charge in [-0.05, 0) is 18.1 Å². The average Bonchev–Trinajstić information content (AvgIpc) is 2.79. The molecule has 3 nitrogen and oxygen atoms in total. The summed E-state index contributed by atoms with van der Waals surface area (Å²) in [6, 6.07) is 8.14. The Morgan fingerprint density at radius 1 is 1.47 bits per heavy atom. The first-order chi connectivity index (χ1) is 9.13. The molecule has 1 unspecified atom stereocenters. The molecule has 1 saturated heterocycles. The minimum absolute atomic E-state index is 0.0209. The number of benzene rings is 1. The molecule has 4 heteroatoms. The second kappa shape index (κ2) is 4.84. The first kappa shape index (κ1) is 13.0.